The van der Waals surface area contributed by atoms with Gasteiger partial charge in [0.2, 0.25) is 0 Å². The van der Waals surface area contributed by atoms with E-state index in [-0.39, 0.29) is 18.8 Å². The van der Waals surface area contributed by atoms with Crippen molar-refractivity contribution in [3.63, 3.8) is 0 Å². The van der Waals surface area contributed by atoms with Crippen LogP contribution in [0.2, 0.25) is 0 Å². The average molecular weight is 240 g/mol. The summed E-state index contributed by atoms with van der Waals surface area (Å²) in [7, 11) is 0. The van der Waals surface area contributed by atoms with E-state index in [1.807, 2.05) is 6.07 Å². The molecule has 1 fully saturated rings. The third-order valence-electron chi connectivity index (χ3n) is 2.55. The van der Waals surface area contributed by atoms with Gasteiger partial charge in [-0.05, 0) is 27.2 Å². The normalized spacial score (nSPS) is 26.8. The van der Waals surface area contributed by atoms with Crippen LogP contribution in [-0.2, 0) is 9.53 Å². The number of carboxylic acids is 1. The van der Waals surface area contributed by atoms with E-state index in [2.05, 4.69) is 5.32 Å². The Balaban J connectivity index is 2.63. The zero-order valence-corrected chi connectivity index (χ0v) is 10.1. The number of carbonyl (C=O) groups is 2. The van der Waals surface area contributed by atoms with E-state index in [0.717, 1.165) is 0 Å². The van der Waals surface area contributed by atoms with Crippen LogP contribution in [0.1, 0.15) is 33.6 Å². The topological polar surface area (TPSA) is 99.4 Å². The van der Waals surface area contributed by atoms with Crippen LogP contribution in [0, 0.1) is 17.2 Å². The van der Waals surface area contributed by atoms with Crippen molar-refractivity contribution in [1.29, 1.82) is 5.26 Å². The largest absolute Gasteiger partial charge is 0.479 e. The van der Waals surface area contributed by atoms with Gasteiger partial charge in [-0.3, -0.25) is 0 Å². The minimum Gasteiger partial charge on any atom is -0.479 e. The first kappa shape index (κ1) is 13.3. The Bertz CT molecular complexity index is 380. The molecular weight excluding hydrogens is 224 g/mol. The van der Waals surface area contributed by atoms with Crippen molar-refractivity contribution in [2.45, 2.75) is 44.8 Å². The number of ether oxygens (including phenoxy) is 1. The van der Waals surface area contributed by atoms with Gasteiger partial charge in [0.25, 0.3) is 0 Å². The number of nitriles is 1. The third-order valence-corrected chi connectivity index (χ3v) is 2.55. The lowest BCUT2D eigenvalue weighted by Crippen LogP contribution is -2.47. The molecule has 6 nitrogen and oxygen atoms in total. The van der Waals surface area contributed by atoms with Crippen molar-refractivity contribution in [3.05, 3.63) is 0 Å². The Morgan fingerprint density at radius 3 is 2.59 bits per heavy atom. The molecule has 1 saturated carbocycles. The fraction of sp³-hybridized carbons (Fsp3) is 0.727. The van der Waals surface area contributed by atoms with Crippen LogP contribution < -0.4 is 5.32 Å². The van der Waals surface area contributed by atoms with Crippen molar-refractivity contribution in [2.75, 3.05) is 0 Å². The van der Waals surface area contributed by atoms with E-state index in [1.54, 1.807) is 20.8 Å². The first-order chi connectivity index (χ1) is 7.71. The summed E-state index contributed by atoms with van der Waals surface area (Å²) in [5, 5.41) is 19.9. The highest BCUT2D eigenvalue weighted by Gasteiger charge is 2.62. The third kappa shape index (κ3) is 3.09. The number of nitrogens with zero attached hydrogens (tertiary/aromatic N) is 1. The quantitative estimate of drug-likeness (QED) is 0.773. The smallest absolute Gasteiger partial charge is 0.408 e. The molecule has 0 saturated heterocycles. The molecule has 0 aromatic heterocycles. The SMILES string of the molecule is CC(C)(C)OC(=O)NC1(C(=O)O)CC1CC#N. The number of carboxylic acid groups (broad SMARTS) is 1. The van der Waals surface area contributed by atoms with E-state index >= 15 is 0 Å². The standard InChI is InChI=1S/C11H16N2O4/c1-10(2,3)17-9(16)13-11(8(14)15)6-7(11)4-5-12/h7H,4,6H2,1-3H3,(H,13,16)(H,14,15). The molecule has 0 aromatic rings. The number of hydrogen-bond acceptors (Lipinski definition) is 4. The highest BCUT2D eigenvalue weighted by molar-refractivity contribution is 5.88. The number of carbonyl (C=O) groups excluding carboxylic acids is 1. The van der Waals surface area contributed by atoms with E-state index in [0.29, 0.717) is 0 Å². The Morgan fingerprint density at radius 1 is 1.59 bits per heavy atom. The molecule has 2 unspecified atom stereocenters. The van der Waals surface area contributed by atoms with Gasteiger partial charge in [0.15, 0.2) is 0 Å². The summed E-state index contributed by atoms with van der Waals surface area (Å²) in [5.41, 5.74) is -2.00. The molecule has 0 heterocycles. The zero-order chi connectivity index (χ0) is 13.3. The Labute approximate surface area is 99.6 Å². The maximum atomic E-state index is 11.5. The molecular formula is C11H16N2O4. The molecule has 1 aliphatic carbocycles. The lowest BCUT2D eigenvalue weighted by Gasteiger charge is -2.22. The van der Waals surface area contributed by atoms with Gasteiger partial charge in [0, 0.05) is 12.3 Å². The molecule has 0 bridgehead atoms. The highest BCUT2D eigenvalue weighted by Crippen LogP contribution is 2.46. The summed E-state index contributed by atoms with van der Waals surface area (Å²) >= 11 is 0. The first-order valence-electron chi connectivity index (χ1n) is 5.33. The molecule has 0 aromatic carbocycles. The molecule has 1 rings (SSSR count). The number of aliphatic carboxylic acids is 1. The molecule has 1 amide bonds. The molecule has 2 atom stereocenters. The summed E-state index contributed by atoms with van der Waals surface area (Å²) in [6, 6.07) is 1.91. The minimum atomic E-state index is -1.32. The van der Waals surface area contributed by atoms with Crippen molar-refractivity contribution >= 4 is 12.1 Å². The molecule has 0 aliphatic heterocycles. The fourth-order valence-electron chi connectivity index (χ4n) is 1.64. The maximum absolute atomic E-state index is 11.5. The predicted molar refractivity (Wildman–Crippen MR) is 58.1 cm³/mol. The minimum absolute atomic E-state index is 0.113. The zero-order valence-electron chi connectivity index (χ0n) is 10.1. The monoisotopic (exact) mass is 240 g/mol. The van der Waals surface area contributed by atoms with E-state index in [4.69, 9.17) is 15.1 Å². The van der Waals surface area contributed by atoms with Gasteiger partial charge in [0.05, 0.1) is 6.07 Å². The second kappa shape index (κ2) is 4.24. The van der Waals surface area contributed by atoms with Gasteiger partial charge in [-0.2, -0.15) is 5.26 Å². The average Bonchev–Trinajstić information content (AvgIpc) is 2.76. The van der Waals surface area contributed by atoms with E-state index < -0.39 is 23.2 Å². The predicted octanol–water partition coefficient (Wildman–Crippen LogP) is 1.27. The van der Waals surface area contributed by atoms with Crippen molar-refractivity contribution in [2.24, 2.45) is 5.92 Å². The fourth-order valence-corrected chi connectivity index (χ4v) is 1.64. The molecule has 6 heteroatoms. The summed E-state index contributed by atoms with van der Waals surface area (Å²) in [6.07, 6.45) is -0.377. The summed E-state index contributed by atoms with van der Waals surface area (Å²) in [4.78, 5) is 22.6. The van der Waals surface area contributed by atoms with Gasteiger partial charge in [0.1, 0.15) is 11.1 Å². The second-order valence-corrected chi connectivity index (χ2v) is 5.17. The lowest BCUT2D eigenvalue weighted by atomic mass is 10.1. The van der Waals surface area contributed by atoms with E-state index in [1.165, 1.54) is 0 Å². The van der Waals surface area contributed by atoms with Gasteiger partial charge in [-0.1, -0.05) is 0 Å². The van der Waals surface area contributed by atoms with Crippen LogP contribution in [0.15, 0.2) is 0 Å². The van der Waals surface area contributed by atoms with Crippen molar-refractivity contribution in [3.8, 4) is 6.07 Å². The summed E-state index contributed by atoms with van der Waals surface area (Å²) < 4.78 is 4.99. The molecule has 17 heavy (non-hydrogen) atoms. The van der Waals surface area contributed by atoms with Crippen LogP contribution in [0.3, 0.4) is 0 Å². The Hall–Kier alpha value is -1.77. The summed E-state index contributed by atoms with van der Waals surface area (Å²) in [6.45, 7) is 5.08. The van der Waals surface area contributed by atoms with Crippen LogP contribution in [0.5, 0.6) is 0 Å². The number of hydrogen-bond donors (Lipinski definition) is 2. The van der Waals surface area contributed by atoms with Gasteiger partial charge < -0.3 is 15.2 Å². The Kier molecular flexibility index (Phi) is 3.32. The lowest BCUT2D eigenvalue weighted by molar-refractivity contribution is -0.141. The maximum Gasteiger partial charge on any atom is 0.408 e. The van der Waals surface area contributed by atoms with Gasteiger partial charge >= 0.3 is 12.1 Å². The van der Waals surface area contributed by atoms with Crippen molar-refractivity contribution < 1.29 is 19.4 Å². The number of nitrogens with one attached hydrogen (secondary N) is 1. The number of rotatable bonds is 3. The number of alkyl carbamates (subject to hydrolysis) is 1. The van der Waals surface area contributed by atoms with Crippen LogP contribution in [-0.4, -0.2) is 28.3 Å². The first-order valence-corrected chi connectivity index (χ1v) is 5.33. The second-order valence-electron chi connectivity index (χ2n) is 5.17. The molecule has 2 N–H and O–H groups in total. The summed E-state index contributed by atoms with van der Waals surface area (Å²) in [5.74, 6) is -1.46. The van der Waals surface area contributed by atoms with Gasteiger partial charge in [-0.15, -0.1) is 0 Å². The van der Waals surface area contributed by atoms with Crippen LogP contribution in [0.4, 0.5) is 4.79 Å². The molecule has 0 spiro atoms. The number of amides is 1. The molecule has 0 radical (unpaired) electrons. The van der Waals surface area contributed by atoms with Crippen LogP contribution in [0.25, 0.3) is 0 Å². The van der Waals surface area contributed by atoms with Crippen LogP contribution >= 0.6 is 0 Å². The highest BCUT2D eigenvalue weighted by atomic mass is 16.6. The molecule has 1 aliphatic rings. The Morgan fingerprint density at radius 2 is 2.18 bits per heavy atom. The van der Waals surface area contributed by atoms with Gasteiger partial charge in [-0.25, -0.2) is 9.59 Å². The van der Waals surface area contributed by atoms with Crippen molar-refractivity contribution in [1.82, 2.24) is 5.32 Å². The molecule has 94 valence electrons. The van der Waals surface area contributed by atoms with E-state index in [9.17, 15) is 9.59 Å².